The minimum absolute atomic E-state index is 0.0373. The summed E-state index contributed by atoms with van der Waals surface area (Å²) < 4.78 is 8.16. The third-order valence-electron chi connectivity index (χ3n) is 2.55. The maximum Gasteiger partial charge on any atom is 0.341 e. The van der Waals surface area contributed by atoms with Crippen LogP contribution in [0.1, 0.15) is 19.8 Å². The van der Waals surface area contributed by atoms with E-state index in [1.54, 1.807) is 0 Å². The van der Waals surface area contributed by atoms with E-state index in [9.17, 15) is 9.59 Å². The first kappa shape index (κ1) is 10.6. The predicted molar refractivity (Wildman–Crippen MR) is 57.5 cm³/mol. The molecule has 1 unspecified atom stereocenters. The van der Waals surface area contributed by atoms with Gasteiger partial charge < -0.3 is 4.74 Å². The lowest BCUT2D eigenvalue weighted by molar-refractivity contribution is 0.0954. The molecule has 84 valence electrons. The Morgan fingerprint density at radius 1 is 1.53 bits per heavy atom. The summed E-state index contributed by atoms with van der Waals surface area (Å²) in [6.07, 6.45) is 2.00. The second-order valence-corrected chi connectivity index (χ2v) is 4.55. The maximum absolute atomic E-state index is 11.7. The summed E-state index contributed by atoms with van der Waals surface area (Å²) in [5.41, 5.74) is -0.206. The van der Waals surface area contributed by atoms with Crippen LogP contribution in [0.15, 0.2) is 9.59 Å². The highest BCUT2D eigenvalue weighted by molar-refractivity contribution is 7.03. The number of nitrogens with zero attached hydrogens (tertiary/aromatic N) is 2. The molecule has 0 radical (unpaired) electrons. The molecule has 2 heterocycles. The number of hydrogen-bond donors (Lipinski definition) is 0. The average molecular weight is 230 g/mol. The standard InChI is InChI=1S/C9H14N2O3S/c1-2-11-8(12)10(9(13)15-11)6-7-4-3-5-14-7/h7H,2-6H2,1H3. The molecule has 1 atom stereocenters. The molecule has 0 bridgehead atoms. The van der Waals surface area contributed by atoms with Crippen LogP contribution in [-0.2, 0) is 17.8 Å². The van der Waals surface area contributed by atoms with Gasteiger partial charge in [-0.1, -0.05) is 0 Å². The lowest BCUT2D eigenvalue weighted by Gasteiger charge is -2.07. The minimum Gasteiger partial charge on any atom is -0.376 e. The number of aromatic nitrogens is 2. The Kier molecular flexibility index (Phi) is 3.06. The quantitative estimate of drug-likeness (QED) is 0.749. The molecule has 6 heteroatoms. The summed E-state index contributed by atoms with van der Waals surface area (Å²) in [5, 5.41) is 0. The van der Waals surface area contributed by atoms with E-state index in [-0.39, 0.29) is 16.7 Å². The Hall–Kier alpha value is -0.880. The van der Waals surface area contributed by atoms with E-state index >= 15 is 0 Å². The van der Waals surface area contributed by atoms with Crippen LogP contribution in [0.25, 0.3) is 0 Å². The normalized spacial score (nSPS) is 21.0. The highest BCUT2D eigenvalue weighted by atomic mass is 32.1. The molecule has 1 aliphatic heterocycles. The van der Waals surface area contributed by atoms with Crippen LogP contribution in [0.5, 0.6) is 0 Å². The van der Waals surface area contributed by atoms with Gasteiger partial charge in [-0.25, -0.2) is 13.3 Å². The van der Waals surface area contributed by atoms with Crippen LogP contribution in [0, 0.1) is 0 Å². The van der Waals surface area contributed by atoms with Gasteiger partial charge in [-0.2, -0.15) is 0 Å². The van der Waals surface area contributed by atoms with Crippen molar-refractivity contribution in [1.29, 1.82) is 0 Å². The topological polar surface area (TPSA) is 53.2 Å². The highest BCUT2D eigenvalue weighted by Gasteiger charge is 2.19. The van der Waals surface area contributed by atoms with Crippen LogP contribution in [0.2, 0.25) is 0 Å². The maximum atomic E-state index is 11.7. The van der Waals surface area contributed by atoms with Crippen molar-refractivity contribution in [3.63, 3.8) is 0 Å². The summed E-state index contributed by atoms with van der Waals surface area (Å²) in [6.45, 7) is 3.55. The average Bonchev–Trinajstić information content (AvgIpc) is 2.81. The lowest BCUT2D eigenvalue weighted by atomic mass is 10.2. The van der Waals surface area contributed by atoms with E-state index in [0.29, 0.717) is 13.1 Å². The number of rotatable bonds is 3. The number of ether oxygens (including phenoxy) is 1. The fourth-order valence-corrected chi connectivity index (χ4v) is 2.49. The molecule has 1 aromatic heterocycles. The van der Waals surface area contributed by atoms with Crippen molar-refractivity contribution < 1.29 is 4.74 Å². The smallest absolute Gasteiger partial charge is 0.341 e. The molecule has 15 heavy (non-hydrogen) atoms. The van der Waals surface area contributed by atoms with Crippen LogP contribution in [0.4, 0.5) is 0 Å². The first-order valence-corrected chi connectivity index (χ1v) is 5.92. The fraction of sp³-hybridized carbons (Fsp3) is 0.778. The number of aryl methyl sites for hydroxylation is 1. The summed E-state index contributed by atoms with van der Waals surface area (Å²) in [6, 6.07) is 0. The Labute approximate surface area is 91.1 Å². The molecular weight excluding hydrogens is 216 g/mol. The molecule has 0 amide bonds. The van der Waals surface area contributed by atoms with Gasteiger partial charge in [0, 0.05) is 24.7 Å². The second kappa shape index (κ2) is 4.32. The van der Waals surface area contributed by atoms with Gasteiger partial charge in [-0.3, -0.25) is 4.79 Å². The Balaban J connectivity index is 2.23. The van der Waals surface area contributed by atoms with Gasteiger partial charge in [0.05, 0.1) is 12.6 Å². The van der Waals surface area contributed by atoms with E-state index in [4.69, 9.17) is 4.74 Å². The molecule has 0 N–H and O–H groups in total. The third-order valence-corrected chi connectivity index (χ3v) is 3.56. The SMILES string of the molecule is CCn1sc(=O)n(CC2CCCO2)c1=O. The molecule has 0 aromatic carbocycles. The van der Waals surface area contributed by atoms with E-state index in [1.165, 1.54) is 8.52 Å². The monoisotopic (exact) mass is 230 g/mol. The van der Waals surface area contributed by atoms with Crippen LogP contribution >= 0.6 is 11.5 Å². The summed E-state index contributed by atoms with van der Waals surface area (Å²) in [5.74, 6) is 0. The molecule has 1 aliphatic rings. The highest BCUT2D eigenvalue weighted by Crippen LogP contribution is 2.12. The molecule has 0 aliphatic carbocycles. The van der Waals surface area contributed by atoms with E-state index in [0.717, 1.165) is 31.0 Å². The largest absolute Gasteiger partial charge is 0.376 e. The van der Waals surface area contributed by atoms with Gasteiger partial charge in [0.25, 0.3) is 0 Å². The first-order chi connectivity index (χ1) is 7.22. The Bertz CT molecular complexity index is 439. The molecule has 1 fully saturated rings. The van der Waals surface area contributed by atoms with Gasteiger partial charge in [-0.15, -0.1) is 0 Å². The first-order valence-electron chi connectivity index (χ1n) is 5.15. The van der Waals surface area contributed by atoms with Crippen LogP contribution < -0.4 is 10.6 Å². The van der Waals surface area contributed by atoms with Gasteiger partial charge in [-0.05, 0) is 19.8 Å². The summed E-state index contributed by atoms with van der Waals surface area (Å²) in [4.78, 5) is 23.0. The van der Waals surface area contributed by atoms with E-state index < -0.39 is 0 Å². The molecule has 5 nitrogen and oxygen atoms in total. The zero-order valence-corrected chi connectivity index (χ0v) is 9.46. The van der Waals surface area contributed by atoms with E-state index in [2.05, 4.69) is 0 Å². The Morgan fingerprint density at radius 3 is 2.87 bits per heavy atom. The van der Waals surface area contributed by atoms with Crippen molar-refractivity contribution in [2.75, 3.05) is 6.61 Å². The van der Waals surface area contributed by atoms with Crippen molar-refractivity contribution in [1.82, 2.24) is 8.52 Å². The lowest BCUT2D eigenvalue weighted by Crippen LogP contribution is -2.33. The minimum atomic E-state index is -0.206. The summed E-state index contributed by atoms with van der Waals surface area (Å²) >= 11 is 0.980. The van der Waals surface area contributed by atoms with Crippen molar-refractivity contribution in [2.24, 2.45) is 0 Å². The Morgan fingerprint density at radius 2 is 2.33 bits per heavy atom. The second-order valence-electron chi connectivity index (χ2n) is 3.58. The predicted octanol–water partition coefficient (Wildman–Crippen LogP) is 0.270. The van der Waals surface area contributed by atoms with E-state index in [1.807, 2.05) is 6.92 Å². The van der Waals surface area contributed by atoms with Crippen LogP contribution in [0.3, 0.4) is 0 Å². The third kappa shape index (κ3) is 2.05. The summed E-state index contributed by atoms with van der Waals surface area (Å²) in [7, 11) is 0. The zero-order valence-electron chi connectivity index (χ0n) is 8.64. The molecule has 0 spiro atoms. The number of hydrogen-bond acceptors (Lipinski definition) is 4. The molecule has 0 saturated carbocycles. The van der Waals surface area contributed by atoms with Crippen molar-refractivity contribution >= 4 is 11.5 Å². The van der Waals surface area contributed by atoms with Gasteiger partial charge in [0.15, 0.2) is 0 Å². The molecule has 1 aromatic rings. The van der Waals surface area contributed by atoms with Gasteiger partial charge in [0.1, 0.15) is 0 Å². The van der Waals surface area contributed by atoms with Crippen molar-refractivity contribution in [3.8, 4) is 0 Å². The molecule has 1 saturated heterocycles. The fourth-order valence-electron chi connectivity index (χ4n) is 1.74. The van der Waals surface area contributed by atoms with Crippen molar-refractivity contribution in [3.05, 3.63) is 20.2 Å². The van der Waals surface area contributed by atoms with Gasteiger partial charge in [0.2, 0.25) is 0 Å². The zero-order chi connectivity index (χ0) is 10.8. The molecular formula is C9H14N2O3S. The van der Waals surface area contributed by atoms with Crippen LogP contribution in [-0.4, -0.2) is 21.2 Å². The molecule has 2 rings (SSSR count). The van der Waals surface area contributed by atoms with Gasteiger partial charge >= 0.3 is 10.6 Å². The van der Waals surface area contributed by atoms with Crippen molar-refractivity contribution in [2.45, 2.75) is 39.0 Å².